The molecule has 0 aliphatic carbocycles. The van der Waals surface area contributed by atoms with Crippen molar-refractivity contribution >= 4 is 27.5 Å². The van der Waals surface area contributed by atoms with Crippen molar-refractivity contribution in [1.82, 2.24) is 5.32 Å². The highest BCUT2D eigenvalue weighted by Crippen LogP contribution is 2.16. The van der Waals surface area contributed by atoms with Gasteiger partial charge in [0.25, 0.3) is 11.6 Å². The van der Waals surface area contributed by atoms with Crippen LogP contribution < -0.4 is 5.32 Å². The minimum absolute atomic E-state index is 0.0733. The number of nitrogens with one attached hydrogen (secondary N) is 1. The van der Waals surface area contributed by atoms with Gasteiger partial charge in [0.2, 0.25) is 0 Å². The Hall–Kier alpha value is -1.47. The number of ether oxygens (including phenoxy) is 1. The Morgan fingerprint density at radius 3 is 2.80 bits per heavy atom. The highest BCUT2D eigenvalue weighted by molar-refractivity contribution is 9.09. The zero-order valence-corrected chi connectivity index (χ0v) is 12.8. The van der Waals surface area contributed by atoms with Crippen molar-refractivity contribution in [2.45, 2.75) is 13.3 Å². The lowest BCUT2D eigenvalue weighted by atomic mass is 10.1. The maximum Gasteiger partial charge on any atom is 0.270 e. The molecule has 0 saturated heterocycles. The molecule has 0 fully saturated rings. The van der Waals surface area contributed by atoms with E-state index in [-0.39, 0.29) is 11.6 Å². The van der Waals surface area contributed by atoms with Gasteiger partial charge >= 0.3 is 0 Å². The first-order valence-corrected chi connectivity index (χ1v) is 7.34. The van der Waals surface area contributed by atoms with Crippen LogP contribution in [0.3, 0.4) is 0 Å². The summed E-state index contributed by atoms with van der Waals surface area (Å²) < 4.78 is 5.25. The number of nitrogens with zero attached hydrogens (tertiary/aromatic N) is 1. The van der Waals surface area contributed by atoms with Gasteiger partial charge < -0.3 is 10.1 Å². The van der Waals surface area contributed by atoms with Crippen LogP contribution in [0.1, 0.15) is 22.3 Å². The van der Waals surface area contributed by atoms with E-state index in [4.69, 9.17) is 4.74 Å². The summed E-state index contributed by atoms with van der Waals surface area (Å²) >= 11 is 3.25. The molecule has 1 rings (SSSR count). The van der Waals surface area contributed by atoms with Gasteiger partial charge in [-0.15, -0.1) is 0 Å². The topological polar surface area (TPSA) is 81.5 Å². The molecule has 7 heteroatoms. The number of nitro benzene ring substituents is 1. The average Bonchev–Trinajstić information content (AvgIpc) is 2.41. The van der Waals surface area contributed by atoms with Crippen molar-refractivity contribution in [3.63, 3.8) is 0 Å². The quantitative estimate of drug-likeness (QED) is 0.340. The summed E-state index contributed by atoms with van der Waals surface area (Å²) in [4.78, 5) is 22.1. The summed E-state index contributed by atoms with van der Waals surface area (Å²) in [5, 5.41) is 14.2. The molecule has 1 N–H and O–H groups in total. The lowest BCUT2D eigenvalue weighted by molar-refractivity contribution is -0.384. The number of non-ortho nitro benzene ring substituents is 1. The molecule has 0 radical (unpaired) electrons. The Bertz CT molecular complexity index is 479. The fourth-order valence-corrected chi connectivity index (χ4v) is 1.86. The minimum Gasteiger partial charge on any atom is -0.381 e. The highest BCUT2D eigenvalue weighted by Gasteiger charge is 2.12. The first-order chi connectivity index (χ1) is 9.54. The van der Waals surface area contributed by atoms with Crippen LogP contribution in [-0.4, -0.2) is 35.9 Å². The molecule has 0 aliphatic rings. The Labute approximate surface area is 125 Å². The number of amides is 1. The van der Waals surface area contributed by atoms with Crippen molar-refractivity contribution in [1.29, 1.82) is 0 Å². The molecular weight excluding hydrogens is 328 g/mol. The highest BCUT2D eigenvalue weighted by atomic mass is 79.9. The summed E-state index contributed by atoms with van der Waals surface area (Å²) in [7, 11) is 0. The molecule has 0 aromatic heterocycles. The molecule has 20 heavy (non-hydrogen) atoms. The molecule has 1 aromatic carbocycles. The van der Waals surface area contributed by atoms with Gasteiger partial charge in [0.05, 0.1) is 11.5 Å². The lowest BCUT2D eigenvalue weighted by Gasteiger charge is -2.06. The number of alkyl halides is 1. The molecule has 6 nitrogen and oxygen atoms in total. The normalized spacial score (nSPS) is 10.3. The van der Waals surface area contributed by atoms with Crippen molar-refractivity contribution in [2.24, 2.45) is 0 Å². The number of carbonyl (C=O) groups is 1. The van der Waals surface area contributed by atoms with Crippen LogP contribution in [0.4, 0.5) is 5.69 Å². The third kappa shape index (κ3) is 5.66. The Morgan fingerprint density at radius 2 is 2.15 bits per heavy atom. The summed E-state index contributed by atoms with van der Waals surface area (Å²) in [5.74, 6) is -0.308. The Morgan fingerprint density at radius 1 is 1.40 bits per heavy atom. The second-order valence-electron chi connectivity index (χ2n) is 4.23. The monoisotopic (exact) mass is 344 g/mol. The molecule has 0 aliphatic heterocycles. The number of aryl methyl sites for hydroxylation is 1. The van der Waals surface area contributed by atoms with E-state index in [1.165, 1.54) is 12.1 Å². The van der Waals surface area contributed by atoms with Gasteiger partial charge in [-0.1, -0.05) is 15.9 Å². The summed E-state index contributed by atoms with van der Waals surface area (Å²) in [5.41, 5.74) is 0.916. The van der Waals surface area contributed by atoms with Crippen LogP contribution in [0.15, 0.2) is 18.2 Å². The summed E-state index contributed by atoms with van der Waals surface area (Å²) in [6.45, 7) is 3.40. The van der Waals surface area contributed by atoms with E-state index < -0.39 is 4.92 Å². The molecule has 0 atom stereocenters. The van der Waals surface area contributed by atoms with E-state index in [1.54, 1.807) is 13.0 Å². The second-order valence-corrected chi connectivity index (χ2v) is 5.02. The number of benzene rings is 1. The first kappa shape index (κ1) is 16.6. The number of rotatable bonds is 8. The summed E-state index contributed by atoms with van der Waals surface area (Å²) in [6.07, 6.45) is 0.701. The standard InChI is InChI=1S/C13H17BrN2O4/c1-10-7-11(9-12(8-10)16(18)19)13(17)15-4-2-5-20-6-3-14/h7-9H,2-6H2,1H3,(H,15,17). The molecule has 110 valence electrons. The van der Waals surface area contributed by atoms with Gasteiger partial charge in [-0.3, -0.25) is 14.9 Å². The fraction of sp³-hybridized carbons (Fsp3) is 0.462. The first-order valence-electron chi connectivity index (χ1n) is 6.22. The maximum atomic E-state index is 11.9. The van der Waals surface area contributed by atoms with E-state index in [2.05, 4.69) is 21.2 Å². The maximum absolute atomic E-state index is 11.9. The van der Waals surface area contributed by atoms with Crippen molar-refractivity contribution in [2.75, 3.05) is 25.1 Å². The van der Waals surface area contributed by atoms with Crippen LogP contribution in [0.25, 0.3) is 0 Å². The van der Waals surface area contributed by atoms with Gasteiger partial charge in [-0.05, 0) is 25.0 Å². The van der Waals surface area contributed by atoms with E-state index in [0.717, 1.165) is 5.33 Å². The molecular formula is C13H17BrN2O4. The third-order valence-electron chi connectivity index (χ3n) is 2.51. The van der Waals surface area contributed by atoms with Gasteiger partial charge in [-0.2, -0.15) is 0 Å². The van der Waals surface area contributed by atoms with Crippen LogP contribution in [0.5, 0.6) is 0 Å². The largest absolute Gasteiger partial charge is 0.381 e. The van der Waals surface area contributed by atoms with Crippen LogP contribution >= 0.6 is 15.9 Å². The molecule has 1 amide bonds. The minimum atomic E-state index is -0.502. The van der Waals surface area contributed by atoms with E-state index in [0.29, 0.717) is 37.3 Å². The SMILES string of the molecule is Cc1cc(C(=O)NCCCOCCBr)cc([N+](=O)[O-])c1. The van der Waals surface area contributed by atoms with Gasteiger partial charge in [0.1, 0.15) is 0 Å². The lowest BCUT2D eigenvalue weighted by Crippen LogP contribution is -2.25. The average molecular weight is 345 g/mol. The number of hydrogen-bond donors (Lipinski definition) is 1. The summed E-state index contributed by atoms with van der Waals surface area (Å²) in [6, 6.07) is 4.35. The Balaban J connectivity index is 2.49. The van der Waals surface area contributed by atoms with Gasteiger partial charge in [-0.25, -0.2) is 0 Å². The molecule has 0 heterocycles. The van der Waals surface area contributed by atoms with Gasteiger partial charge in [0, 0.05) is 36.2 Å². The Kier molecular flexibility index (Phi) is 7.17. The molecule has 0 bridgehead atoms. The van der Waals surface area contributed by atoms with Crippen LogP contribution in [-0.2, 0) is 4.74 Å². The molecule has 0 saturated carbocycles. The van der Waals surface area contributed by atoms with Crippen LogP contribution in [0, 0.1) is 17.0 Å². The van der Waals surface area contributed by atoms with Crippen molar-refractivity contribution < 1.29 is 14.5 Å². The van der Waals surface area contributed by atoms with Crippen molar-refractivity contribution in [3.8, 4) is 0 Å². The molecule has 0 spiro atoms. The van der Waals surface area contributed by atoms with Crippen LogP contribution in [0.2, 0.25) is 0 Å². The van der Waals surface area contributed by atoms with Gasteiger partial charge in [0.15, 0.2) is 0 Å². The van der Waals surface area contributed by atoms with E-state index >= 15 is 0 Å². The third-order valence-corrected chi connectivity index (χ3v) is 2.83. The second kappa shape index (κ2) is 8.65. The predicted octanol–water partition coefficient (Wildman–Crippen LogP) is 2.43. The number of nitro groups is 1. The van der Waals surface area contributed by atoms with Crippen molar-refractivity contribution in [3.05, 3.63) is 39.4 Å². The van der Waals surface area contributed by atoms with E-state index in [1.807, 2.05) is 0 Å². The zero-order chi connectivity index (χ0) is 15.0. The zero-order valence-electron chi connectivity index (χ0n) is 11.2. The fourth-order valence-electron chi connectivity index (χ4n) is 1.63. The number of hydrogen-bond acceptors (Lipinski definition) is 4. The smallest absolute Gasteiger partial charge is 0.270 e. The number of carbonyl (C=O) groups excluding carboxylic acids is 1. The number of halogens is 1. The molecule has 0 unspecified atom stereocenters. The van der Waals surface area contributed by atoms with E-state index in [9.17, 15) is 14.9 Å². The predicted molar refractivity (Wildman–Crippen MR) is 79.4 cm³/mol. The molecule has 1 aromatic rings.